The van der Waals surface area contributed by atoms with Crippen LogP contribution < -0.4 is 16.9 Å². The Hall–Kier alpha value is -7.78. The summed E-state index contributed by atoms with van der Waals surface area (Å²) < 4.78 is 48.8. The van der Waals surface area contributed by atoms with Crippen LogP contribution in [0.2, 0.25) is 0 Å². The second-order valence-electron chi connectivity index (χ2n) is 17.9. The van der Waals surface area contributed by atoms with Gasteiger partial charge >= 0.3 is 29.1 Å². The summed E-state index contributed by atoms with van der Waals surface area (Å²) >= 11 is 0. The first-order valence-electron chi connectivity index (χ1n) is 24.3. The minimum atomic E-state index is -0.785. The topological polar surface area (TPSA) is 264 Å². The summed E-state index contributed by atoms with van der Waals surface area (Å²) in [4.78, 5) is 75.3. The number of nitrogens with zero attached hydrogens (tertiary/aromatic N) is 2. The van der Waals surface area contributed by atoms with Crippen molar-refractivity contribution in [1.29, 1.82) is 0 Å². The molecule has 2 saturated heterocycles. The number of aromatic hydroxyl groups is 3. The standard InChI is InChI=1S/C20H21NO7.C17H15NO6.C17H18O5/c1-2-8-27-20(24)21-7-6-12-13-4-5-15(22)16(19-25-9-3-10-26-19)17(13)28-18(23)14(12)11-21;1-2-7-23-17(22)18-6-5-10-11-3-4-14(20)13(9-19)15(11)24-16(21)12(10)8-18;18-13-7-6-11-10-4-1-2-5-12(10)16(19)22-15(11)14(13)17-20-8-3-9-21-17/h2,4-5,19,22H,1,3,6-11H2;2-4,9,20H,1,5-8H2;6-7,17-18H,1-5,8-9H2. The average Bonchev–Trinajstić information content (AvgIpc) is 3.42. The third-order valence-corrected chi connectivity index (χ3v) is 13.4. The van der Waals surface area contributed by atoms with E-state index in [1.54, 1.807) is 24.3 Å². The number of hydrogen-bond acceptors (Lipinski definition) is 18. The van der Waals surface area contributed by atoms with Crippen LogP contribution in [0.15, 0.2) is 89.3 Å². The van der Waals surface area contributed by atoms with Crippen LogP contribution in [0, 0.1) is 0 Å². The molecule has 1 aliphatic carbocycles. The van der Waals surface area contributed by atoms with Gasteiger partial charge in [-0.2, -0.15) is 0 Å². The molecule has 5 aliphatic rings. The highest BCUT2D eigenvalue weighted by Gasteiger charge is 2.32. The van der Waals surface area contributed by atoms with Gasteiger partial charge in [-0.15, -0.1) is 0 Å². The van der Waals surface area contributed by atoms with Crippen LogP contribution in [0.1, 0.15) is 93.1 Å². The van der Waals surface area contributed by atoms with Crippen LogP contribution in [0.5, 0.6) is 17.2 Å². The predicted molar refractivity (Wildman–Crippen MR) is 264 cm³/mol. The lowest BCUT2D eigenvalue weighted by atomic mass is 9.90. The number of phenolic OH excluding ortho intramolecular Hbond substituents is 3. The van der Waals surface area contributed by atoms with E-state index in [9.17, 15) is 44.1 Å². The van der Waals surface area contributed by atoms with Crippen molar-refractivity contribution in [2.75, 3.05) is 52.7 Å². The van der Waals surface area contributed by atoms with Crippen molar-refractivity contribution < 1.29 is 71.4 Å². The Kier molecular flexibility index (Phi) is 15.6. The van der Waals surface area contributed by atoms with Crippen LogP contribution >= 0.6 is 0 Å². The maximum Gasteiger partial charge on any atom is 0.410 e. The van der Waals surface area contributed by atoms with E-state index in [0.29, 0.717) is 97.3 Å². The molecule has 6 aromatic rings. The zero-order valence-corrected chi connectivity index (χ0v) is 40.4. The van der Waals surface area contributed by atoms with Crippen LogP contribution in [-0.2, 0) is 67.2 Å². The minimum Gasteiger partial charge on any atom is -0.507 e. The van der Waals surface area contributed by atoms with Gasteiger partial charge in [-0.3, -0.25) is 4.79 Å². The number of rotatable bonds is 7. The van der Waals surface area contributed by atoms with Gasteiger partial charge in [0, 0.05) is 34.8 Å². The Morgan fingerprint density at radius 1 is 0.541 bits per heavy atom. The fourth-order valence-electron chi connectivity index (χ4n) is 9.83. The molecule has 2 amide bonds. The van der Waals surface area contributed by atoms with E-state index in [0.717, 1.165) is 66.2 Å². The second-order valence-corrected chi connectivity index (χ2v) is 17.9. The number of carbonyl (C=O) groups excluding carboxylic acids is 3. The zero-order valence-electron chi connectivity index (χ0n) is 40.4. The third-order valence-electron chi connectivity index (χ3n) is 13.4. The van der Waals surface area contributed by atoms with Gasteiger partial charge < -0.3 is 66.8 Å². The molecule has 20 heteroatoms. The lowest BCUT2D eigenvalue weighted by molar-refractivity contribution is -0.183. The van der Waals surface area contributed by atoms with E-state index in [-0.39, 0.29) is 65.9 Å². The lowest BCUT2D eigenvalue weighted by Crippen LogP contribution is -2.38. The van der Waals surface area contributed by atoms with Gasteiger partial charge in [-0.25, -0.2) is 24.0 Å². The summed E-state index contributed by atoms with van der Waals surface area (Å²) in [5.74, 6) is -0.253. The van der Waals surface area contributed by atoms with Crippen molar-refractivity contribution in [2.45, 2.75) is 77.0 Å². The molecule has 3 aromatic carbocycles. The van der Waals surface area contributed by atoms with Crippen molar-refractivity contribution in [3.8, 4) is 17.2 Å². The summed E-state index contributed by atoms with van der Waals surface area (Å²) in [5, 5.41) is 32.5. The third kappa shape index (κ3) is 10.3. The highest BCUT2D eigenvalue weighted by atomic mass is 16.7. The molecule has 0 atom stereocenters. The number of ether oxygens (including phenoxy) is 6. The minimum absolute atomic E-state index is 0.0401. The summed E-state index contributed by atoms with van der Waals surface area (Å²) in [6.07, 6.45) is 7.10. The molecular weight excluding hydrogens is 965 g/mol. The summed E-state index contributed by atoms with van der Waals surface area (Å²) in [5.41, 5.74) is 4.07. The van der Waals surface area contributed by atoms with Crippen LogP contribution in [0.25, 0.3) is 32.9 Å². The van der Waals surface area contributed by atoms with E-state index < -0.39 is 36.0 Å². The maximum atomic E-state index is 12.7. The molecule has 11 rings (SSSR count). The molecule has 0 unspecified atom stereocenters. The van der Waals surface area contributed by atoms with Gasteiger partial charge in [0.05, 0.1) is 67.3 Å². The van der Waals surface area contributed by atoms with Crippen LogP contribution in [0.3, 0.4) is 0 Å². The van der Waals surface area contributed by atoms with E-state index >= 15 is 0 Å². The molecule has 2 fully saturated rings. The van der Waals surface area contributed by atoms with Gasteiger partial charge in [0.2, 0.25) is 0 Å². The normalized spacial score (nSPS) is 16.6. The van der Waals surface area contributed by atoms with Crippen molar-refractivity contribution >= 4 is 51.4 Å². The Morgan fingerprint density at radius 2 is 0.932 bits per heavy atom. The average molecular weight is 1020 g/mol. The first-order chi connectivity index (χ1) is 35.9. The highest BCUT2D eigenvalue weighted by molar-refractivity contribution is 5.99. The predicted octanol–water partition coefficient (Wildman–Crippen LogP) is 7.42. The first kappa shape index (κ1) is 51.1. The maximum absolute atomic E-state index is 12.7. The van der Waals surface area contributed by atoms with Gasteiger partial charge in [-0.05, 0) is 104 Å². The summed E-state index contributed by atoms with van der Waals surface area (Å²) in [6, 6.07) is 9.70. The Labute approximate surface area is 421 Å². The first-order valence-corrected chi connectivity index (χ1v) is 24.3. The van der Waals surface area contributed by atoms with E-state index in [2.05, 4.69) is 13.2 Å². The van der Waals surface area contributed by atoms with Gasteiger partial charge in [-0.1, -0.05) is 25.3 Å². The number of carbonyl (C=O) groups is 3. The monoisotopic (exact) mass is 1020 g/mol. The molecule has 74 heavy (non-hydrogen) atoms. The Balaban J connectivity index is 0.000000137. The number of phenols is 3. The highest BCUT2D eigenvalue weighted by Crippen LogP contribution is 2.40. The molecule has 3 aromatic heterocycles. The lowest BCUT2D eigenvalue weighted by Gasteiger charge is -2.29. The Morgan fingerprint density at radius 3 is 1.38 bits per heavy atom. The van der Waals surface area contributed by atoms with Gasteiger partial charge in [0.15, 0.2) is 35.6 Å². The molecule has 7 heterocycles. The molecule has 20 nitrogen and oxygen atoms in total. The quantitative estimate of drug-likeness (QED) is 0.0798. The number of aldehydes is 1. The Bertz CT molecular complexity index is 3340. The number of benzene rings is 3. The van der Waals surface area contributed by atoms with Crippen molar-refractivity contribution in [3.63, 3.8) is 0 Å². The molecule has 4 aliphatic heterocycles. The molecule has 0 spiro atoms. The summed E-state index contributed by atoms with van der Waals surface area (Å²) in [6.45, 7) is 10.3. The van der Waals surface area contributed by atoms with E-state index in [1.165, 1.54) is 28.0 Å². The fourth-order valence-corrected chi connectivity index (χ4v) is 9.83. The van der Waals surface area contributed by atoms with Crippen molar-refractivity contribution in [3.05, 3.63) is 143 Å². The number of hydrogen-bond donors (Lipinski definition) is 3. The van der Waals surface area contributed by atoms with Crippen molar-refractivity contribution in [1.82, 2.24) is 9.80 Å². The fraction of sp³-hybridized carbons (Fsp3) is 0.370. The van der Waals surface area contributed by atoms with Crippen LogP contribution in [0.4, 0.5) is 9.59 Å². The van der Waals surface area contributed by atoms with Crippen molar-refractivity contribution in [2.24, 2.45) is 0 Å². The zero-order chi connectivity index (χ0) is 52.0. The molecule has 3 N–H and O–H groups in total. The van der Waals surface area contributed by atoms with E-state index in [4.69, 9.17) is 41.7 Å². The molecule has 388 valence electrons. The molecule has 0 radical (unpaired) electrons. The van der Waals surface area contributed by atoms with E-state index in [1.807, 2.05) is 6.07 Å². The number of aryl methyl sites for hydroxylation is 1. The number of fused-ring (bicyclic) bond motifs is 9. The smallest absolute Gasteiger partial charge is 0.410 e. The van der Waals surface area contributed by atoms with Gasteiger partial charge in [0.1, 0.15) is 30.5 Å². The summed E-state index contributed by atoms with van der Waals surface area (Å²) in [7, 11) is 0. The molecule has 0 bridgehead atoms. The molecular formula is C54H54N2O18. The van der Waals surface area contributed by atoms with Crippen LogP contribution in [-0.4, -0.2) is 96.3 Å². The largest absolute Gasteiger partial charge is 0.507 e. The van der Waals surface area contributed by atoms with Gasteiger partial charge in [0.25, 0.3) is 0 Å². The molecule has 0 saturated carbocycles. The number of amides is 2. The second kappa shape index (κ2) is 22.5. The SMILES string of the molecule is C=CCOC(=O)N1CCc2c(c(=O)oc3c(C4OCCCO4)c(O)ccc23)C1.C=CCOC(=O)N1CCc2c(c(=O)oc3c(C=O)c(O)ccc23)C1.O=c1oc2c(C3OCCCO3)c(O)ccc2c2c1CCCC2.